The summed E-state index contributed by atoms with van der Waals surface area (Å²) in [6.07, 6.45) is 9.85. The minimum atomic E-state index is -5.73. The van der Waals surface area contributed by atoms with Gasteiger partial charge in [-0.3, -0.25) is 28.9 Å². The number of carbonyl (C=O) groups excluding carboxylic acids is 5. The van der Waals surface area contributed by atoms with Crippen molar-refractivity contribution in [2.45, 2.75) is 123 Å². The molecule has 6 aromatic carbocycles. The predicted octanol–water partition coefficient (Wildman–Crippen LogP) is 20.0. The molecule has 4 aromatic heterocycles. The first-order valence-electron chi connectivity index (χ1n) is 28.6. The molecule has 85 heavy (non-hydrogen) atoms. The molecule has 432 valence electrons. The Bertz CT molecular complexity index is 4370. The minimum absolute atomic E-state index is 0.110. The van der Waals surface area contributed by atoms with Gasteiger partial charge in [0.2, 0.25) is 5.78 Å². The lowest BCUT2D eigenvalue weighted by Gasteiger charge is -2.35. The lowest BCUT2D eigenvalue weighted by molar-refractivity contribution is -0.254. The quantitative estimate of drug-likeness (QED) is 0.0213. The summed E-state index contributed by atoms with van der Waals surface area (Å²) in [6, 6.07) is 29.5. The topological polar surface area (TPSA) is 91.8 Å². The van der Waals surface area contributed by atoms with Gasteiger partial charge in [0, 0.05) is 89.9 Å². The maximum absolute atomic E-state index is 16.1. The van der Waals surface area contributed by atoms with Crippen molar-refractivity contribution in [2.24, 2.45) is 0 Å². The largest absolute Gasteiger partial charge is 0.380 e. The number of anilines is 1. The van der Waals surface area contributed by atoms with Crippen LogP contribution in [-0.2, 0) is 0 Å². The second-order valence-electron chi connectivity index (χ2n) is 22.5. The number of allylic oxidation sites excluding steroid dienone is 2. The summed E-state index contributed by atoms with van der Waals surface area (Å²) in [5.41, 5.74) is -1.68. The van der Waals surface area contributed by atoms with Crippen molar-refractivity contribution in [2.75, 3.05) is 4.90 Å². The molecule has 0 N–H and O–H groups in total. The highest BCUT2D eigenvalue weighted by Gasteiger charge is 2.80. The van der Waals surface area contributed by atoms with Crippen LogP contribution in [0.2, 0.25) is 0 Å². The van der Waals surface area contributed by atoms with Gasteiger partial charge < -0.3 is 0 Å². The molecule has 10 aromatic rings. The molecule has 0 unspecified atom stereocenters. The number of halogens is 6. The fourth-order valence-corrected chi connectivity index (χ4v) is 17.1. The summed E-state index contributed by atoms with van der Waals surface area (Å²) in [5, 5.41) is 5.69. The van der Waals surface area contributed by atoms with E-state index in [2.05, 4.69) is 13.8 Å². The van der Waals surface area contributed by atoms with Gasteiger partial charge in [0.05, 0.1) is 10.6 Å². The Kier molecular flexibility index (Phi) is 14.0. The van der Waals surface area contributed by atoms with E-state index in [0.717, 1.165) is 135 Å². The molecule has 0 atom stereocenters. The van der Waals surface area contributed by atoms with Gasteiger partial charge in [-0.2, -0.15) is 26.3 Å². The van der Waals surface area contributed by atoms with Crippen molar-refractivity contribution in [1.29, 1.82) is 0 Å². The number of unbranched alkanes of at least 4 members (excludes halogenated alkanes) is 6. The van der Waals surface area contributed by atoms with E-state index in [4.69, 9.17) is 0 Å². The number of alkyl halides is 6. The fraction of sp³-hybridized carbons (Fsp3) is 0.279. The molecule has 1 aliphatic carbocycles. The second kappa shape index (κ2) is 21.0. The van der Waals surface area contributed by atoms with Crippen molar-refractivity contribution in [3.63, 3.8) is 0 Å². The molecule has 0 bridgehead atoms. The Morgan fingerprint density at radius 3 is 1.33 bits per heavy atom. The van der Waals surface area contributed by atoms with Crippen molar-refractivity contribution >= 4 is 135 Å². The number of imide groups is 2. The molecule has 0 radical (unpaired) electrons. The molecule has 17 heteroatoms. The average molecular weight is 1220 g/mol. The number of rotatable bonds is 18. The summed E-state index contributed by atoms with van der Waals surface area (Å²) < 4.78 is 95.0. The third-order valence-corrected chi connectivity index (χ3v) is 21.9. The Hall–Kier alpha value is -7.31. The summed E-state index contributed by atoms with van der Waals surface area (Å²) >= 11 is 4.40. The number of aryl methyl sites for hydroxylation is 3. The van der Waals surface area contributed by atoms with Gasteiger partial charge in [-0.15, -0.1) is 45.3 Å². The Labute approximate surface area is 501 Å². The molecular formula is C68H54F6N2O5S4. The van der Waals surface area contributed by atoms with E-state index >= 15 is 26.3 Å². The van der Waals surface area contributed by atoms with E-state index in [0.29, 0.717) is 57.9 Å². The summed E-state index contributed by atoms with van der Waals surface area (Å²) in [5.74, 6) is -18.3. The lowest BCUT2D eigenvalue weighted by atomic mass is 9.82. The first kappa shape index (κ1) is 56.8. The first-order valence-corrected chi connectivity index (χ1v) is 31.9. The third kappa shape index (κ3) is 8.63. The number of carbonyl (C=O) groups is 5. The highest BCUT2D eigenvalue weighted by Crippen LogP contribution is 2.66. The van der Waals surface area contributed by atoms with Gasteiger partial charge in [0.25, 0.3) is 23.6 Å². The van der Waals surface area contributed by atoms with Crippen LogP contribution in [0.1, 0.15) is 160 Å². The predicted molar refractivity (Wildman–Crippen MR) is 332 cm³/mol. The van der Waals surface area contributed by atoms with Crippen LogP contribution in [0.25, 0.3) is 73.7 Å². The number of benzene rings is 6. The van der Waals surface area contributed by atoms with Gasteiger partial charge in [0.1, 0.15) is 0 Å². The monoisotopic (exact) mass is 1220 g/mol. The fourth-order valence-electron chi connectivity index (χ4n) is 13.1. The van der Waals surface area contributed by atoms with E-state index in [1.165, 1.54) is 72.5 Å². The van der Waals surface area contributed by atoms with Gasteiger partial charge >= 0.3 is 17.8 Å². The van der Waals surface area contributed by atoms with Crippen LogP contribution in [0.5, 0.6) is 0 Å². The number of nitrogens with zero attached hydrogens (tertiary/aromatic N) is 2. The van der Waals surface area contributed by atoms with Gasteiger partial charge in [-0.1, -0.05) is 89.5 Å². The average Bonchev–Trinajstić information content (AvgIpc) is 1.69. The molecule has 6 heterocycles. The summed E-state index contributed by atoms with van der Waals surface area (Å²) in [7, 11) is 0. The number of hydrogen-bond acceptors (Lipinski definition) is 9. The molecule has 4 amide bonds. The lowest BCUT2D eigenvalue weighted by Crippen LogP contribution is -2.48. The number of fused-ring (bicyclic) bond motifs is 2. The van der Waals surface area contributed by atoms with Crippen molar-refractivity contribution in [3.05, 3.63) is 168 Å². The first-order chi connectivity index (χ1) is 40.7. The van der Waals surface area contributed by atoms with Crippen LogP contribution in [0.4, 0.5) is 32.0 Å². The summed E-state index contributed by atoms with van der Waals surface area (Å²) in [6.45, 7) is 9.04. The normalized spacial score (nSPS) is 16.4. The van der Waals surface area contributed by atoms with E-state index in [1.54, 1.807) is 24.3 Å². The van der Waals surface area contributed by atoms with Crippen LogP contribution in [-0.4, -0.2) is 58.1 Å². The molecule has 0 saturated heterocycles. The zero-order valence-corrected chi connectivity index (χ0v) is 50.1. The Morgan fingerprint density at radius 2 is 0.894 bits per heavy atom. The molecule has 13 rings (SSSR count). The van der Waals surface area contributed by atoms with Crippen LogP contribution in [0, 0.1) is 20.8 Å². The van der Waals surface area contributed by atoms with E-state index in [9.17, 15) is 24.0 Å². The summed E-state index contributed by atoms with van der Waals surface area (Å²) in [4.78, 5) is 78.7. The van der Waals surface area contributed by atoms with Crippen LogP contribution < -0.4 is 4.90 Å². The smallest absolute Gasteiger partial charge is 0.288 e. The molecule has 7 nitrogen and oxygen atoms in total. The standard InChI is InChI=1S/C68H54F6N2O5S4/c1-6-8-10-12-14-38(15-13-11-9-7-2)75-62(78)44-25-21-40-42-23-27-46-58-47(28-24-43(56(42)58)41-22-26-45(63(75)79)57(44)55(40)41)65(81)76(64(46)80)39-19-17-37(18-20-39)61(77)52-31-30-51(85-52)54-33-49(36(5)84-54)60-59(66(69,70)68(73,74)67(60,71)72)48-32-53(83-35(48)4)50-29-16-34(3)82-50/h16-33,38H,6-15H2,1-5H3. The number of hydrogen-bond donors (Lipinski definition) is 0. The number of amides is 4. The molecule has 0 spiro atoms. The van der Waals surface area contributed by atoms with Crippen molar-refractivity contribution < 1.29 is 50.3 Å². The maximum Gasteiger partial charge on any atom is 0.380 e. The number of ketones is 1. The Morgan fingerprint density at radius 1 is 0.459 bits per heavy atom. The van der Waals surface area contributed by atoms with E-state index < -0.39 is 52.1 Å². The minimum Gasteiger partial charge on any atom is -0.288 e. The van der Waals surface area contributed by atoms with Crippen LogP contribution in [0.3, 0.4) is 0 Å². The highest BCUT2D eigenvalue weighted by molar-refractivity contribution is 7.23. The SMILES string of the molecule is CCCCCCC(CCCCCC)N1C(=O)c2ccc3c4ccc5c6c(ccc(c7ccc(c2c37)C1=O)c64)C(=O)N(c1ccc(C(=O)c2ccc(-c3cc(C4=C(c6cc(-c7ccc(C)s7)sc6C)C(F)(F)C(F)(F)C4(F)F)c(C)s3)s2)cc1)C5=O. The molecular weight excluding hydrogens is 1170 g/mol. The molecule has 3 aliphatic rings. The zero-order chi connectivity index (χ0) is 59.8. The van der Waals surface area contributed by atoms with E-state index in [-0.39, 0.29) is 49.3 Å². The molecule has 0 fully saturated rings. The molecule has 0 saturated carbocycles. The molecule has 2 aliphatic heterocycles. The van der Waals surface area contributed by atoms with Crippen molar-refractivity contribution in [3.8, 4) is 19.5 Å². The second-order valence-corrected chi connectivity index (χ2v) is 27.4. The van der Waals surface area contributed by atoms with E-state index in [1.807, 2.05) is 49.4 Å². The zero-order valence-electron chi connectivity index (χ0n) is 46.9. The van der Waals surface area contributed by atoms with Crippen LogP contribution in [0.15, 0.2) is 109 Å². The van der Waals surface area contributed by atoms with Crippen LogP contribution >= 0.6 is 45.3 Å². The Balaban J connectivity index is 0.781. The highest BCUT2D eigenvalue weighted by atomic mass is 32.1. The number of thiophene rings is 4. The van der Waals surface area contributed by atoms with Gasteiger partial charge in [0.15, 0.2) is 0 Å². The van der Waals surface area contributed by atoms with Gasteiger partial charge in [-0.05, 0) is 162 Å². The van der Waals surface area contributed by atoms with Crippen molar-refractivity contribution in [1.82, 2.24) is 4.90 Å². The van der Waals surface area contributed by atoms with Gasteiger partial charge in [-0.25, -0.2) is 4.90 Å². The maximum atomic E-state index is 16.1. The third-order valence-electron chi connectivity index (χ3n) is 17.3.